The van der Waals surface area contributed by atoms with Crippen LogP contribution in [0, 0.1) is 5.41 Å². The van der Waals surface area contributed by atoms with Gasteiger partial charge in [-0.25, -0.2) is 8.42 Å². The van der Waals surface area contributed by atoms with E-state index in [1.54, 1.807) is 6.26 Å². The number of sulfonamides is 1. The largest absolute Gasteiger partial charge is 0.372 e. The Morgan fingerprint density at radius 2 is 1.59 bits per heavy atom. The first kappa shape index (κ1) is 22.0. The zero-order valence-corrected chi connectivity index (χ0v) is 17.1. The van der Waals surface area contributed by atoms with Crippen molar-refractivity contribution in [2.45, 2.75) is 66.2 Å². The second-order valence-electron chi connectivity index (χ2n) is 7.97. The molecular formula is C15H33NO4S2. The van der Waals surface area contributed by atoms with Crippen molar-refractivity contribution < 1.29 is 17.4 Å². The highest BCUT2D eigenvalue weighted by Gasteiger charge is 2.34. The van der Waals surface area contributed by atoms with Crippen molar-refractivity contribution in [1.82, 2.24) is 4.31 Å². The lowest BCUT2D eigenvalue weighted by Crippen LogP contribution is -2.51. The Labute approximate surface area is 139 Å². The van der Waals surface area contributed by atoms with E-state index < -0.39 is 32.5 Å². The molecule has 7 heteroatoms. The first-order chi connectivity index (χ1) is 9.55. The maximum absolute atomic E-state index is 12.1. The summed E-state index contributed by atoms with van der Waals surface area (Å²) in [6.07, 6.45) is 2.35. The molecule has 0 aromatic rings. The van der Waals surface area contributed by atoms with E-state index in [9.17, 15) is 12.6 Å². The molecule has 0 rings (SSSR count). The molecule has 0 heterocycles. The lowest BCUT2D eigenvalue weighted by Gasteiger charge is -2.38. The van der Waals surface area contributed by atoms with Crippen LogP contribution in [0.5, 0.6) is 0 Å². The molecule has 0 aromatic heterocycles. The summed E-state index contributed by atoms with van der Waals surface area (Å²) in [5.41, 5.74) is -0.611. The van der Waals surface area contributed by atoms with Gasteiger partial charge in [0.2, 0.25) is 10.0 Å². The van der Waals surface area contributed by atoms with Gasteiger partial charge in [-0.2, -0.15) is 4.31 Å². The maximum Gasteiger partial charge on any atom is 0.211 e. The van der Waals surface area contributed by atoms with Crippen molar-refractivity contribution >= 4 is 20.8 Å². The van der Waals surface area contributed by atoms with Crippen LogP contribution in [0.15, 0.2) is 0 Å². The van der Waals surface area contributed by atoms with Gasteiger partial charge in [0.05, 0.1) is 24.2 Å². The summed E-state index contributed by atoms with van der Waals surface area (Å²) in [5.74, 6) is 0.322. The molecule has 0 saturated heterocycles. The van der Waals surface area contributed by atoms with Crippen LogP contribution in [-0.2, 0) is 25.6 Å². The quantitative estimate of drug-likeness (QED) is 0.702. The van der Waals surface area contributed by atoms with Gasteiger partial charge in [0.25, 0.3) is 0 Å². The molecule has 0 bridgehead atoms. The summed E-state index contributed by atoms with van der Waals surface area (Å²) in [4.78, 5) is 0. The van der Waals surface area contributed by atoms with Gasteiger partial charge in [-0.3, -0.25) is 4.21 Å². The van der Waals surface area contributed by atoms with Gasteiger partial charge < -0.3 is 4.74 Å². The van der Waals surface area contributed by atoms with E-state index in [0.717, 1.165) is 0 Å². The van der Waals surface area contributed by atoms with Crippen LogP contribution >= 0.6 is 0 Å². The minimum atomic E-state index is -3.37. The molecule has 0 amide bonds. The number of hydrogen-bond acceptors (Lipinski definition) is 4. The Hall–Kier alpha value is 0.0200. The summed E-state index contributed by atoms with van der Waals surface area (Å²) in [6.45, 7) is 13.9. The summed E-state index contributed by atoms with van der Waals surface area (Å²) < 4.78 is 43.3. The van der Waals surface area contributed by atoms with E-state index in [2.05, 4.69) is 20.8 Å². The molecule has 0 aromatic carbocycles. The Balaban J connectivity index is 5.31. The van der Waals surface area contributed by atoms with Crippen molar-refractivity contribution in [2.75, 3.05) is 24.8 Å². The number of hydrogen-bond donors (Lipinski definition) is 0. The summed E-state index contributed by atoms with van der Waals surface area (Å²) in [7, 11) is -4.43. The highest BCUT2D eigenvalue weighted by atomic mass is 32.2. The molecular weight excluding hydrogens is 322 g/mol. The normalized spacial score (nSPS) is 18.3. The molecule has 0 N–H and O–H groups in total. The van der Waals surface area contributed by atoms with Crippen LogP contribution in [-0.4, -0.2) is 59.5 Å². The van der Waals surface area contributed by atoms with Gasteiger partial charge in [0, 0.05) is 29.1 Å². The van der Waals surface area contributed by atoms with E-state index in [1.807, 2.05) is 27.7 Å². The van der Waals surface area contributed by atoms with Crippen molar-refractivity contribution in [3.8, 4) is 0 Å². The molecule has 0 spiro atoms. The summed E-state index contributed by atoms with van der Waals surface area (Å²) >= 11 is 0. The van der Waals surface area contributed by atoms with Crippen LogP contribution in [0.1, 0.15) is 48.5 Å². The molecule has 0 radical (unpaired) electrons. The first-order valence-corrected chi connectivity index (χ1v) is 11.1. The zero-order valence-electron chi connectivity index (χ0n) is 15.5. The van der Waals surface area contributed by atoms with E-state index in [-0.39, 0.29) is 18.1 Å². The molecule has 0 aliphatic carbocycles. The van der Waals surface area contributed by atoms with Gasteiger partial charge in [0.15, 0.2) is 0 Å². The topological polar surface area (TPSA) is 63.7 Å². The second kappa shape index (κ2) is 7.73. The Bertz CT molecular complexity index is 475. The average molecular weight is 356 g/mol. The predicted octanol–water partition coefficient (Wildman–Crippen LogP) is 2.24. The molecule has 3 atom stereocenters. The third kappa shape index (κ3) is 8.04. The fourth-order valence-corrected chi connectivity index (χ4v) is 4.12. The van der Waals surface area contributed by atoms with Crippen LogP contribution in [0.4, 0.5) is 0 Å². The Morgan fingerprint density at radius 1 is 1.14 bits per heavy atom. The molecule has 22 heavy (non-hydrogen) atoms. The molecule has 5 nitrogen and oxygen atoms in total. The van der Waals surface area contributed by atoms with Crippen molar-refractivity contribution in [3.63, 3.8) is 0 Å². The molecule has 1 unspecified atom stereocenters. The fourth-order valence-electron chi connectivity index (χ4n) is 1.98. The number of rotatable bonds is 7. The lowest BCUT2D eigenvalue weighted by atomic mass is 9.90. The smallest absolute Gasteiger partial charge is 0.211 e. The number of ether oxygens (including phenoxy) is 1. The average Bonchev–Trinajstić information content (AvgIpc) is 2.19. The van der Waals surface area contributed by atoms with Crippen molar-refractivity contribution in [1.29, 1.82) is 0 Å². The van der Waals surface area contributed by atoms with Gasteiger partial charge in [0.1, 0.15) is 0 Å². The third-order valence-corrected chi connectivity index (χ3v) is 5.89. The molecule has 0 fully saturated rings. The van der Waals surface area contributed by atoms with E-state index >= 15 is 0 Å². The maximum atomic E-state index is 12.1. The van der Waals surface area contributed by atoms with Crippen LogP contribution in [0.3, 0.4) is 0 Å². The van der Waals surface area contributed by atoms with E-state index in [0.29, 0.717) is 5.75 Å². The van der Waals surface area contributed by atoms with Gasteiger partial charge in [-0.05, 0) is 33.1 Å². The molecule has 0 aliphatic heterocycles. The van der Waals surface area contributed by atoms with E-state index in [4.69, 9.17) is 4.74 Å². The van der Waals surface area contributed by atoms with E-state index in [1.165, 1.54) is 10.6 Å². The monoisotopic (exact) mass is 355 g/mol. The SMILES string of the molecule is C[C@H](OC(CN(C(C)(C)C)S(C)(=O)=O)C[S@](C)=O)C(C)(C)C. The minimum Gasteiger partial charge on any atom is -0.372 e. The minimum absolute atomic E-state index is 0.0643. The number of nitrogens with zero attached hydrogens (tertiary/aromatic N) is 1. The fraction of sp³-hybridized carbons (Fsp3) is 1.00. The Kier molecular flexibility index (Phi) is 7.73. The second-order valence-corrected chi connectivity index (χ2v) is 11.4. The molecule has 0 aliphatic rings. The zero-order chi connectivity index (χ0) is 17.9. The third-order valence-electron chi connectivity index (χ3n) is 3.55. The van der Waals surface area contributed by atoms with Crippen molar-refractivity contribution in [2.24, 2.45) is 5.41 Å². The Morgan fingerprint density at radius 3 is 1.86 bits per heavy atom. The molecule has 134 valence electrons. The van der Waals surface area contributed by atoms with Gasteiger partial charge >= 0.3 is 0 Å². The predicted molar refractivity (Wildman–Crippen MR) is 94.0 cm³/mol. The van der Waals surface area contributed by atoms with Crippen LogP contribution in [0.25, 0.3) is 0 Å². The summed E-state index contributed by atoms with van der Waals surface area (Å²) in [6, 6.07) is 0. The summed E-state index contributed by atoms with van der Waals surface area (Å²) in [5, 5.41) is 0. The van der Waals surface area contributed by atoms with Crippen LogP contribution in [0.2, 0.25) is 0 Å². The first-order valence-electron chi connectivity index (χ1n) is 7.48. The van der Waals surface area contributed by atoms with Crippen LogP contribution < -0.4 is 0 Å². The van der Waals surface area contributed by atoms with Gasteiger partial charge in [-0.15, -0.1) is 0 Å². The highest BCUT2D eigenvalue weighted by Crippen LogP contribution is 2.25. The standard InChI is InChI=1S/C15H33NO4S2/c1-12(14(2,3)4)20-13(11-21(8)17)10-16(15(5,6)7)22(9,18)19/h12-13H,10-11H2,1-9H3/t12-,13?,21-/m0/s1. The highest BCUT2D eigenvalue weighted by molar-refractivity contribution is 7.88. The lowest BCUT2D eigenvalue weighted by molar-refractivity contribution is -0.0552. The van der Waals surface area contributed by atoms with Crippen molar-refractivity contribution in [3.05, 3.63) is 0 Å². The molecule has 0 saturated carbocycles. The van der Waals surface area contributed by atoms with Gasteiger partial charge in [-0.1, -0.05) is 20.8 Å².